The molecular weight excluding hydrogens is 673 g/mol. The summed E-state index contributed by atoms with van der Waals surface area (Å²) in [7, 11) is 0. The number of benzene rings is 8. The van der Waals surface area contributed by atoms with Crippen molar-refractivity contribution in [3.05, 3.63) is 181 Å². The standard InChI is InChI=1S/C51H34N2S/c1-51(2)42-21-12-20-39(49(42)48-34-16-7-6-13-31(34)23-27-43(48)51)37-25-26-40(36-18-9-8-17-35(36)37)50-52-44(32-14-4-3-5-15-32)30-45(53-50)33-24-28-47-41(29-33)38-19-10-11-22-46(38)54-47/h3-30H,1-2H3. The molecule has 0 spiro atoms. The summed E-state index contributed by atoms with van der Waals surface area (Å²) in [6, 6.07) is 61.6. The van der Waals surface area contributed by atoms with Gasteiger partial charge in [-0.15, -0.1) is 11.3 Å². The topological polar surface area (TPSA) is 25.8 Å². The SMILES string of the molecule is CC1(C)c2cccc(-c3ccc(-c4nc(-c5ccccc5)cc(-c5ccc6sc7ccccc7c6c5)n4)c4ccccc34)c2-c2c1ccc1ccccc21. The lowest BCUT2D eigenvalue weighted by molar-refractivity contribution is 0.661. The van der Waals surface area contributed by atoms with E-state index >= 15 is 0 Å². The molecule has 2 aromatic heterocycles. The van der Waals surface area contributed by atoms with E-state index in [4.69, 9.17) is 9.97 Å². The van der Waals surface area contributed by atoms with Gasteiger partial charge in [-0.3, -0.25) is 0 Å². The van der Waals surface area contributed by atoms with Gasteiger partial charge in [-0.25, -0.2) is 9.97 Å². The van der Waals surface area contributed by atoms with E-state index in [1.54, 1.807) is 0 Å². The van der Waals surface area contributed by atoms with Gasteiger partial charge in [-0.2, -0.15) is 0 Å². The highest BCUT2D eigenvalue weighted by molar-refractivity contribution is 7.25. The molecule has 8 aromatic carbocycles. The molecular formula is C51H34N2S. The van der Waals surface area contributed by atoms with Crippen molar-refractivity contribution in [1.29, 1.82) is 0 Å². The van der Waals surface area contributed by atoms with Gasteiger partial charge in [0.2, 0.25) is 0 Å². The van der Waals surface area contributed by atoms with Crippen molar-refractivity contribution in [3.63, 3.8) is 0 Å². The lowest BCUT2D eigenvalue weighted by atomic mass is 9.81. The summed E-state index contributed by atoms with van der Waals surface area (Å²) in [6.07, 6.45) is 0. The third-order valence-electron chi connectivity index (χ3n) is 11.5. The third-order valence-corrected chi connectivity index (χ3v) is 12.7. The van der Waals surface area contributed by atoms with Crippen molar-refractivity contribution in [2.45, 2.75) is 19.3 Å². The van der Waals surface area contributed by atoms with Gasteiger partial charge in [0.15, 0.2) is 5.82 Å². The summed E-state index contributed by atoms with van der Waals surface area (Å²) < 4.78 is 2.58. The smallest absolute Gasteiger partial charge is 0.161 e. The molecule has 0 atom stereocenters. The highest BCUT2D eigenvalue weighted by Crippen LogP contribution is 2.55. The van der Waals surface area contributed by atoms with Gasteiger partial charge in [0.1, 0.15) is 0 Å². The summed E-state index contributed by atoms with van der Waals surface area (Å²) >= 11 is 1.84. The van der Waals surface area contributed by atoms with Crippen LogP contribution in [0.1, 0.15) is 25.0 Å². The van der Waals surface area contributed by atoms with Crippen LogP contribution in [0.4, 0.5) is 0 Å². The second-order valence-electron chi connectivity index (χ2n) is 14.9. The third kappa shape index (κ3) is 4.65. The number of rotatable bonds is 4. The highest BCUT2D eigenvalue weighted by atomic mass is 32.1. The zero-order valence-corrected chi connectivity index (χ0v) is 30.8. The van der Waals surface area contributed by atoms with Crippen molar-refractivity contribution in [2.24, 2.45) is 0 Å². The molecule has 0 saturated heterocycles. The van der Waals surface area contributed by atoms with E-state index in [2.05, 4.69) is 184 Å². The fraction of sp³-hybridized carbons (Fsp3) is 0.0588. The maximum absolute atomic E-state index is 5.36. The van der Waals surface area contributed by atoms with E-state index in [0.717, 1.165) is 39.3 Å². The lowest BCUT2D eigenvalue weighted by Crippen LogP contribution is -2.14. The van der Waals surface area contributed by atoms with E-state index in [0.29, 0.717) is 0 Å². The van der Waals surface area contributed by atoms with E-state index in [-0.39, 0.29) is 5.41 Å². The minimum atomic E-state index is -0.110. The maximum atomic E-state index is 5.36. The molecule has 0 saturated carbocycles. The maximum Gasteiger partial charge on any atom is 0.161 e. The molecule has 0 amide bonds. The number of fused-ring (bicyclic) bond motifs is 9. The molecule has 54 heavy (non-hydrogen) atoms. The summed E-state index contributed by atoms with van der Waals surface area (Å²) in [5.74, 6) is 0.722. The van der Waals surface area contributed by atoms with Crippen molar-refractivity contribution in [3.8, 4) is 56.2 Å². The largest absolute Gasteiger partial charge is 0.228 e. The van der Waals surface area contributed by atoms with Gasteiger partial charge < -0.3 is 0 Å². The first-order valence-corrected chi connectivity index (χ1v) is 19.4. The van der Waals surface area contributed by atoms with Crippen LogP contribution in [0.5, 0.6) is 0 Å². The zero-order chi connectivity index (χ0) is 36.0. The van der Waals surface area contributed by atoms with Gasteiger partial charge in [0.05, 0.1) is 11.4 Å². The average Bonchev–Trinajstić information content (AvgIpc) is 3.72. The number of nitrogens with zero attached hydrogens (tertiary/aromatic N) is 2. The van der Waals surface area contributed by atoms with Crippen LogP contribution < -0.4 is 0 Å². The van der Waals surface area contributed by atoms with E-state index in [1.165, 1.54) is 69.7 Å². The van der Waals surface area contributed by atoms with Crippen LogP contribution in [0, 0.1) is 0 Å². The molecule has 3 heteroatoms. The number of hydrogen-bond acceptors (Lipinski definition) is 3. The number of thiophene rings is 1. The van der Waals surface area contributed by atoms with Gasteiger partial charge >= 0.3 is 0 Å². The summed E-state index contributed by atoms with van der Waals surface area (Å²) in [5, 5.41) is 7.45. The molecule has 254 valence electrons. The molecule has 1 aliphatic carbocycles. The lowest BCUT2D eigenvalue weighted by Gasteiger charge is -2.22. The Morgan fingerprint density at radius 2 is 1.06 bits per heavy atom. The molecule has 2 heterocycles. The predicted octanol–water partition coefficient (Wildman–Crippen LogP) is 14.1. The first-order chi connectivity index (χ1) is 26.5. The van der Waals surface area contributed by atoms with Crippen molar-refractivity contribution < 1.29 is 0 Å². The van der Waals surface area contributed by atoms with Gasteiger partial charge in [0.25, 0.3) is 0 Å². The van der Waals surface area contributed by atoms with Crippen LogP contribution in [0.25, 0.3) is 97.9 Å². The van der Waals surface area contributed by atoms with Gasteiger partial charge in [-0.1, -0.05) is 153 Å². The van der Waals surface area contributed by atoms with Crippen LogP contribution in [0.15, 0.2) is 170 Å². The van der Waals surface area contributed by atoms with Crippen molar-refractivity contribution in [2.75, 3.05) is 0 Å². The molecule has 11 rings (SSSR count). The fourth-order valence-electron chi connectivity index (χ4n) is 8.86. The monoisotopic (exact) mass is 706 g/mol. The molecule has 1 aliphatic rings. The second-order valence-corrected chi connectivity index (χ2v) is 16.0. The molecule has 10 aromatic rings. The zero-order valence-electron chi connectivity index (χ0n) is 30.0. The molecule has 2 nitrogen and oxygen atoms in total. The van der Waals surface area contributed by atoms with Gasteiger partial charge in [-0.05, 0) is 85.3 Å². The molecule has 0 aliphatic heterocycles. The Hall–Kier alpha value is -6.42. The van der Waals surface area contributed by atoms with E-state index in [1.807, 2.05) is 11.3 Å². The Labute approximate surface area is 318 Å². The second kappa shape index (κ2) is 11.8. The quantitative estimate of drug-likeness (QED) is 0.182. The Morgan fingerprint density at radius 3 is 1.89 bits per heavy atom. The average molecular weight is 707 g/mol. The van der Waals surface area contributed by atoms with E-state index in [9.17, 15) is 0 Å². The van der Waals surface area contributed by atoms with Crippen molar-refractivity contribution in [1.82, 2.24) is 9.97 Å². The molecule has 0 radical (unpaired) electrons. The first kappa shape index (κ1) is 31.1. The van der Waals surface area contributed by atoms with Crippen LogP contribution in [0.3, 0.4) is 0 Å². The van der Waals surface area contributed by atoms with Crippen LogP contribution >= 0.6 is 11.3 Å². The molecule has 0 bridgehead atoms. The minimum absolute atomic E-state index is 0.110. The summed E-state index contributed by atoms with van der Waals surface area (Å²) in [5.41, 5.74) is 12.8. The first-order valence-electron chi connectivity index (χ1n) is 18.6. The summed E-state index contributed by atoms with van der Waals surface area (Å²) in [6.45, 7) is 4.73. The minimum Gasteiger partial charge on any atom is -0.228 e. The molecule has 0 unspecified atom stereocenters. The van der Waals surface area contributed by atoms with Crippen molar-refractivity contribution >= 4 is 53.1 Å². The molecule has 0 fully saturated rings. The van der Waals surface area contributed by atoms with Crippen LogP contribution in [-0.4, -0.2) is 9.97 Å². The number of hydrogen-bond donors (Lipinski definition) is 0. The van der Waals surface area contributed by atoms with Gasteiger partial charge in [0, 0.05) is 42.3 Å². The Bertz CT molecular complexity index is 3130. The fourth-order valence-corrected chi connectivity index (χ4v) is 9.95. The van der Waals surface area contributed by atoms with E-state index < -0.39 is 0 Å². The Balaban J connectivity index is 1.13. The predicted molar refractivity (Wildman–Crippen MR) is 229 cm³/mol. The summed E-state index contributed by atoms with van der Waals surface area (Å²) in [4.78, 5) is 10.6. The van der Waals surface area contributed by atoms with Crippen LogP contribution in [-0.2, 0) is 5.41 Å². The molecule has 0 N–H and O–H groups in total. The normalized spacial score (nSPS) is 13.1. The Morgan fingerprint density at radius 1 is 0.407 bits per heavy atom. The highest BCUT2D eigenvalue weighted by Gasteiger charge is 2.38. The number of aromatic nitrogens is 2. The Kier molecular flexibility index (Phi) is 6.80. The van der Waals surface area contributed by atoms with Crippen LogP contribution in [0.2, 0.25) is 0 Å².